The number of hydrogen-bond acceptors (Lipinski definition) is 4. The summed E-state index contributed by atoms with van der Waals surface area (Å²) in [6.45, 7) is 1.84. The van der Waals surface area contributed by atoms with Gasteiger partial charge in [-0.15, -0.1) is 0 Å². The van der Waals surface area contributed by atoms with Crippen molar-refractivity contribution in [3.05, 3.63) is 102 Å². The molecular formula is C27H22FN5O. The van der Waals surface area contributed by atoms with Gasteiger partial charge in [0, 0.05) is 28.4 Å². The van der Waals surface area contributed by atoms with Crippen molar-refractivity contribution >= 4 is 22.4 Å². The summed E-state index contributed by atoms with van der Waals surface area (Å²) in [6, 6.07) is 20.9. The number of nitrogens with two attached hydrogens (primary N) is 1. The van der Waals surface area contributed by atoms with Crippen LogP contribution in [0.1, 0.15) is 28.9 Å². The second-order valence-electron chi connectivity index (χ2n) is 8.15. The van der Waals surface area contributed by atoms with Gasteiger partial charge in [0.1, 0.15) is 11.5 Å². The first-order valence-corrected chi connectivity index (χ1v) is 10.8. The van der Waals surface area contributed by atoms with Gasteiger partial charge in [-0.3, -0.25) is 9.78 Å². The van der Waals surface area contributed by atoms with E-state index in [1.54, 1.807) is 36.5 Å². The number of benzene rings is 3. The smallest absolute Gasteiger partial charge is 0.251 e. The number of H-pyrrole nitrogens is 1. The molecule has 0 saturated heterocycles. The number of hydrogen-bond donors (Lipinski definition) is 3. The molecule has 2 aromatic heterocycles. The molecule has 2 heterocycles. The number of amides is 1. The minimum Gasteiger partial charge on any atom is -0.399 e. The fraction of sp³-hybridized carbons (Fsp3) is 0.0741. The molecule has 0 bridgehead atoms. The SMILES string of the molecule is CC(NC(=O)c1cc(N)cc(-c2cnc(-c3cc4ccccc4cn3)[nH]2)c1)c1ccc(F)cc1. The van der Waals surface area contributed by atoms with E-state index in [4.69, 9.17) is 5.73 Å². The first kappa shape index (κ1) is 21.3. The number of carbonyl (C=O) groups excluding carboxylic acids is 1. The van der Waals surface area contributed by atoms with Gasteiger partial charge in [-0.1, -0.05) is 36.4 Å². The van der Waals surface area contributed by atoms with Crippen LogP contribution in [0.2, 0.25) is 0 Å². The van der Waals surface area contributed by atoms with Crippen molar-refractivity contribution in [2.75, 3.05) is 5.73 Å². The highest BCUT2D eigenvalue weighted by molar-refractivity contribution is 5.96. The summed E-state index contributed by atoms with van der Waals surface area (Å²) < 4.78 is 13.2. The van der Waals surface area contributed by atoms with E-state index in [0.717, 1.165) is 33.3 Å². The third-order valence-electron chi connectivity index (χ3n) is 5.70. The Morgan fingerprint density at radius 1 is 0.971 bits per heavy atom. The minimum atomic E-state index is -0.319. The Labute approximate surface area is 195 Å². The molecule has 5 rings (SSSR count). The summed E-state index contributed by atoms with van der Waals surface area (Å²) in [5, 5.41) is 5.06. The van der Waals surface area contributed by atoms with E-state index in [0.29, 0.717) is 17.1 Å². The van der Waals surface area contributed by atoms with Gasteiger partial charge in [0.25, 0.3) is 5.91 Å². The number of nitrogens with zero attached hydrogens (tertiary/aromatic N) is 2. The van der Waals surface area contributed by atoms with Gasteiger partial charge in [-0.25, -0.2) is 9.37 Å². The van der Waals surface area contributed by atoms with Crippen molar-refractivity contribution in [2.24, 2.45) is 0 Å². The molecule has 0 radical (unpaired) electrons. The predicted octanol–water partition coefficient (Wildman–Crippen LogP) is 5.50. The Kier molecular flexibility index (Phi) is 5.51. The maximum absolute atomic E-state index is 13.2. The predicted molar refractivity (Wildman–Crippen MR) is 131 cm³/mol. The average molecular weight is 452 g/mol. The molecule has 0 aliphatic carbocycles. The molecule has 6 nitrogen and oxygen atoms in total. The van der Waals surface area contributed by atoms with Gasteiger partial charge in [0.05, 0.1) is 17.9 Å². The number of halogens is 1. The van der Waals surface area contributed by atoms with Crippen molar-refractivity contribution in [1.29, 1.82) is 0 Å². The molecule has 168 valence electrons. The normalized spacial score (nSPS) is 11.9. The lowest BCUT2D eigenvalue weighted by Gasteiger charge is -2.15. The third-order valence-corrected chi connectivity index (χ3v) is 5.70. The van der Waals surface area contributed by atoms with Crippen LogP contribution in [-0.4, -0.2) is 20.9 Å². The van der Waals surface area contributed by atoms with Gasteiger partial charge in [0.15, 0.2) is 5.82 Å². The van der Waals surface area contributed by atoms with Gasteiger partial charge in [0.2, 0.25) is 0 Å². The van der Waals surface area contributed by atoms with Crippen molar-refractivity contribution < 1.29 is 9.18 Å². The number of anilines is 1. The standard InChI is InChI=1S/C27H22FN5O/c1-16(17-6-8-22(28)9-7-17)32-27(34)21-10-20(11-23(29)12-21)25-15-31-26(33-25)24-13-18-4-2-3-5-19(18)14-30-24/h2-16H,29H2,1H3,(H,31,33)(H,32,34). The summed E-state index contributed by atoms with van der Waals surface area (Å²) in [5.41, 5.74) is 9.96. The maximum Gasteiger partial charge on any atom is 0.251 e. The lowest BCUT2D eigenvalue weighted by atomic mass is 10.0. The molecule has 1 unspecified atom stereocenters. The van der Waals surface area contributed by atoms with Crippen LogP contribution in [0.15, 0.2) is 85.2 Å². The molecule has 0 spiro atoms. The number of carbonyl (C=O) groups is 1. The largest absolute Gasteiger partial charge is 0.399 e. The molecule has 5 aromatic rings. The number of pyridine rings is 1. The molecule has 0 saturated carbocycles. The molecule has 4 N–H and O–H groups in total. The van der Waals surface area contributed by atoms with Crippen LogP contribution in [0.4, 0.5) is 10.1 Å². The van der Waals surface area contributed by atoms with E-state index in [-0.39, 0.29) is 17.8 Å². The Hall–Kier alpha value is -4.52. The van der Waals surface area contributed by atoms with Crippen LogP contribution in [0.25, 0.3) is 33.5 Å². The second-order valence-corrected chi connectivity index (χ2v) is 8.15. The summed E-state index contributed by atoms with van der Waals surface area (Å²) in [5.74, 6) is 0.0287. The van der Waals surface area contributed by atoms with Crippen LogP contribution in [-0.2, 0) is 0 Å². The summed E-state index contributed by atoms with van der Waals surface area (Å²) in [7, 11) is 0. The fourth-order valence-corrected chi connectivity index (χ4v) is 3.86. The minimum absolute atomic E-state index is 0.277. The van der Waals surface area contributed by atoms with Crippen LogP contribution >= 0.6 is 0 Å². The zero-order valence-electron chi connectivity index (χ0n) is 18.4. The summed E-state index contributed by atoms with van der Waals surface area (Å²) in [4.78, 5) is 25.2. The van der Waals surface area contributed by atoms with Crippen molar-refractivity contribution in [2.45, 2.75) is 13.0 Å². The first-order valence-electron chi connectivity index (χ1n) is 10.8. The van der Waals surface area contributed by atoms with Crippen LogP contribution in [0.5, 0.6) is 0 Å². The van der Waals surface area contributed by atoms with E-state index >= 15 is 0 Å². The zero-order chi connectivity index (χ0) is 23.7. The number of aromatic amines is 1. The Balaban J connectivity index is 1.39. The molecule has 7 heteroatoms. The van der Waals surface area contributed by atoms with E-state index in [1.165, 1.54) is 12.1 Å². The first-order chi connectivity index (χ1) is 16.5. The number of fused-ring (bicyclic) bond motifs is 1. The highest BCUT2D eigenvalue weighted by Crippen LogP contribution is 2.26. The Morgan fingerprint density at radius 3 is 2.53 bits per heavy atom. The van der Waals surface area contributed by atoms with Gasteiger partial charge in [-0.2, -0.15) is 0 Å². The fourth-order valence-electron chi connectivity index (χ4n) is 3.86. The second kappa shape index (κ2) is 8.78. The quantitative estimate of drug-likeness (QED) is 0.307. The number of rotatable bonds is 5. The van der Waals surface area contributed by atoms with Gasteiger partial charge >= 0.3 is 0 Å². The van der Waals surface area contributed by atoms with E-state index in [1.807, 2.05) is 43.5 Å². The van der Waals surface area contributed by atoms with Crippen molar-refractivity contribution in [3.63, 3.8) is 0 Å². The Morgan fingerprint density at radius 2 is 1.74 bits per heavy atom. The topological polar surface area (TPSA) is 96.7 Å². The average Bonchev–Trinajstić information content (AvgIpc) is 3.34. The molecule has 0 aliphatic rings. The van der Waals surface area contributed by atoms with Gasteiger partial charge in [-0.05, 0) is 54.3 Å². The van der Waals surface area contributed by atoms with E-state index < -0.39 is 0 Å². The third kappa shape index (κ3) is 4.36. The molecular weight excluding hydrogens is 429 g/mol. The maximum atomic E-state index is 13.2. The highest BCUT2D eigenvalue weighted by atomic mass is 19.1. The van der Waals surface area contributed by atoms with Gasteiger partial charge < -0.3 is 16.0 Å². The van der Waals surface area contributed by atoms with Crippen molar-refractivity contribution in [1.82, 2.24) is 20.3 Å². The van der Waals surface area contributed by atoms with Crippen LogP contribution in [0.3, 0.4) is 0 Å². The zero-order valence-corrected chi connectivity index (χ0v) is 18.4. The lowest BCUT2D eigenvalue weighted by Crippen LogP contribution is -2.26. The number of nitrogens with one attached hydrogen (secondary N) is 2. The number of imidazole rings is 1. The van der Waals surface area contributed by atoms with E-state index in [9.17, 15) is 9.18 Å². The highest BCUT2D eigenvalue weighted by Gasteiger charge is 2.15. The molecule has 34 heavy (non-hydrogen) atoms. The monoisotopic (exact) mass is 451 g/mol. The summed E-state index contributed by atoms with van der Waals surface area (Å²) in [6.07, 6.45) is 3.52. The van der Waals surface area contributed by atoms with Crippen molar-refractivity contribution in [3.8, 4) is 22.8 Å². The Bertz CT molecular complexity index is 1490. The van der Waals surface area contributed by atoms with Crippen LogP contribution < -0.4 is 11.1 Å². The molecule has 0 fully saturated rings. The molecule has 1 amide bonds. The van der Waals surface area contributed by atoms with E-state index in [2.05, 4.69) is 20.3 Å². The summed E-state index contributed by atoms with van der Waals surface area (Å²) >= 11 is 0. The lowest BCUT2D eigenvalue weighted by molar-refractivity contribution is 0.0940. The molecule has 0 aliphatic heterocycles. The van der Waals surface area contributed by atoms with Crippen LogP contribution in [0, 0.1) is 5.82 Å². The molecule has 1 atom stereocenters. The number of nitrogen functional groups attached to an aromatic ring is 1. The molecule has 3 aromatic carbocycles. The number of aromatic nitrogens is 3.